The highest BCUT2D eigenvalue weighted by Gasteiger charge is 2.39. The van der Waals surface area contributed by atoms with E-state index < -0.39 is 0 Å². The van der Waals surface area contributed by atoms with Crippen LogP contribution in [0.15, 0.2) is 12.4 Å². The second-order valence-corrected chi connectivity index (χ2v) is 5.11. The molecular weight excluding hydrogens is 258 g/mol. The first-order chi connectivity index (χ1) is 9.59. The first-order valence-electron chi connectivity index (χ1n) is 6.85. The molecule has 0 aromatic carbocycles. The predicted octanol–water partition coefficient (Wildman–Crippen LogP) is -0.0427. The van der Waals surface area contributed by atoms with E-state index in [9.17, 15) is 9.59 Å². The summed E-state index contributed by atoms with van der Waals surface area (Å²) in [5.41, 5.74) is 0.293. The molecule has 2 amide bonds. The number of hydrogen-bond donors (Lipinski definition) is 3. The molecule has 1 fully saturated rings. The van der Waals surface area contributed by atoms with Crippen LogP contribution in [0.3, 0.4) is 0 Å². The molecule has 1 aliphatic rings. The number of hydrogen-bond acceptors (Lipinski definition) is 4. The van der Waals surface area contributed by atoms with E-state index in [0.717, 1.165) is 19.4 Å². The van der Waals surface area contributed by atoms with Crippen molar-refractivity contribution in [2.24, 2.45) is 5.41 Å². The Bertz CT molecular complexity index is 491. The molecule has 1 unspecified atom stereocenters. The van der Waals surface area contributed by atoms with E-state index >= 15 is 0 Å². The lowest BCUT2D eigenvalue weighted by Crippen LogP contribution is -2.37. The van der Waals surface area contributed by atoms with E-state index in [2.05, 4.69) is 21.0 Å². The van der Waals surface area contributed by atoms with Gasteiger partial charge in [0.15, 0.2) is 0 Å². The van der Waals surface area contributed by atoms with Crippen LogP contribution in [0.4, 0.5) is 5.69 Å². The quantitative estimate of drug-likeness (QED) is 0.705. The predicted molar refractivity (Wildman–Crippen MR) is 75.1 cm³/mol. The van der Waals surface area contributed by atoms with Gasteiger partial charge in [-0.25, -0.2) is 0 Å². The van der Waals surface area contributed by atoms with E-state index in [1.165, 1.54) is 4.68 Å². The smallest absolute Gasteiger partial charge is 0.241 e. The van der Waals surface area contributed by atoms with Gasteiger partial charge < -0.3 is 16.0 Å². The number of nitrogens with zero attached hydrogens (tertiary/aromatic N) is 2. The van der Waals surface area contributed by atoms with E-state index in [1.54, 1.807) is 19.4 Å². The normalized spacial score (nSPS) is 21.7. The lowest BCUT2D eigenvalue weighted by Gasteiger charge is -2.24. The van der Waals surface area contributed by atoms with Crippen molar-refractivity contribution in [2.45, 2.75) is 26.3 Å². The third-order valence-electron chi connectivity index (χ3n) is 3.88. The third kappa shape index (κ3) is 2.98. The minimum atomic E-state index is -0.330. The molecule has 1 aromatic heterocycles. The number of amides is 2. The van der Waals surface area contributed by atoms with Crippen molar-refractivity contribution in [3.05, 3.63) is 12.4 Å². The van der Waals surface area contributed by atoms with Crippen LogP contribution in [-0.4, -0.2) is 41.7 Å². The fourth-order valence-electron chi connectivity index (χ4n) is 2.40. The number of carbonyl (C=O) groups is 2. The van der Waals surface area contributed by atoms with E-state index in [-0.39, 0.29) is 23.8 Å². The minimum Gasteiger partial charge on any atom is -0.358 e. The molecule has 0 aliphatic carbocycles. The summed E-state index contributed by atoms with van der Waals surface area (Å²) in [6.45, 7) is 3.76. The molecule has 1 saturated heterocycles. The molecular formula is C13H21N5O2. The topological polar surface area (TPSA) is 88.0 Å². The van der Waals surface area contributed by atoms with Gasteiger partial charge in [-0.05, 0) is 19.4 Å². The zero-order valence-corrected chi connectivity index (χ0v) is 11.9. The van der Waals surface area contributed by atoms with E-state index in [0.29, 0.717) is 12.2 Å². The second kappa shape index (κ2) is 6.04. The average molecular weight is 279 g/mol. The Balaban J connectivity index is 1.99. The zero-order chi connectivity index (χ0) is 14.6. The molecule has 0 bridgehead atoms. The molecule has 1 aliphatic heterocycles. The summed E-state index contributed by atoms with van der Waals surface area (Å²) < 4.78 is 1.50. The highest BCUT2D eigenvalue weighted by molar-refractivity contribution is 5.95. The van der Waals surface area contributed by atoms with Crippen LogP contribution in [-0.2, 0) is 16.1 Å². The van der Waals surface area contributed by atoms with Crippen molar-refractivity contribution in [1.82, 2.24) is 20.4 Å². The summed E-state index contributed by atoms with van der Waals surface area (Å²) in [7, 11) is 1.58. The maximum absolute atomic E-state index is 12.4. The van der Waals surface area contributed by atoms with Crippen molar-refractivity contribution in [2.75, 3.05) is 25.5 Å². The number of anilines is 1. The van der Waals surface area contributed by atoms with Crippen LogP contribution in [0.1, 0.15) is 19.8 Å². The van der Waals surface area contributed by atoms with Gasteiger partial charge in [0.05, 0.1) is 17.3 Å². The molecule has 2 heterocycles. The molecule has 1 aromatic rings. The summed E-state index contributed by atoms with van der Waals surface area (Å²) in [6, 6.07) is 0. The summed E-state index contributed by atoms with van der Waals surface area (Å²) in [4.78, 5) is 23.6. The Morgan fingerprint density at radius 3 is 2.95 bits per heavy atom. The summed E-state index contributed by atoms with van der Waals surface area (Å²) >= 11 is 0. The standard InChI is InChI=1S/C13H21N5O2/c1-3-13(4-5-15-9-13)12(20)17-10-6-16-18(7-10)8-11(19)14-2/h6-7,15H,3-5,8-9H2,1-2H3,(H,14,19)(H,17,20). The van der Waals surface area contributed by atoms with Crippen LogP contribution in [0.5, 0.6) is 0 Å². The van der Waals surface area contributed by atoms with Crippen LogP contribution in [0.25, 0.3) is 0 Å². The fraction of sp³-hybridized carbons (Fsp3) is 0.615. The van der Waals surface area contributed by atoms with Crippen molar-refractivity contribution in [3.8, 4) is 0 Å². The molecule has 1 atom stereocenters. The number of rotatable bonds is 5. The van der Waals surface area contributed by atoms with Gasteiger partial charge in [-0.3, -0.25) is 14.3 Å². The van der Waals surface area contributed by atoms with Gasteiger partial charge in [0, 0.05) is 19.8 Å². The van der Waals surface area contributed by atoms with E-state index in [4.69, 9.17) is 0 Å². The van der Waals surface area contributed by atoms with Gasteiger partial charge >= 0.3 is 0 Å². The van der Waals surface area contributed by atoms with Gasteiger partial charge in [0.25, 0.3) is 0 Å². The molecule has 0 spiro atoms. The lowest BCUT2D eigenvalue weighted by atomic mass is 9.83. The van der Waals surface area contributed by atoms with Crippen LogP contribution >= 0.6 is 0 Å². The van der Waals surface area contributed by atoms with Gasteiger partial charge in [-0.1, -0.05) is 6.92 Å². The monoisotopic (exact) mass is 279 g/mol. The fourth-order valence-corrected chi connectivity index (χ4v) is 2.40. The second-order valence-electron chi connectivity index (χ2n) is 5.11. The van der Waals surface area contributed by atoms with Gasteiger partial charge in [-0.15, -0.1) is 0 Å². The number of carbonyl (C=O) groups excluding carboxylic acids is 2. The SMILES string of the molecule is CCC1(C(=O)Nc2cnn(CC(=O)NC)c2)CCNC1. The molecule has 3 N–H and O–H groups in total. The molecule has 7 heteroatoms. The molecule has 20 heavy (non-hydrogen) atoms. The Hall–Kier alpha value is -1.89. The molecule has 110 valence electrons. The summed E-state index contributed by atoms with van der Waals surface area (Å²) in [5.74, 6) is -0.111. The Morgan fingerprint density at radius 1 is 1.55 bits per heavy atom. The molecule has 0 radical (unpaired) electrons. The van der Waals surface area contributed by atoms with E-state index in [1.807, 2.05) is 6.92 Å². The van der Waals surface area contributed by atoms with Crippen LogP contribution in [0.2, 0.25) is 0 Å². The minimum absolute atomic E-state index is 0.0180. The highest BCUT2D eigenvalue weighted by atomic mass is 16.2. The first-order valence-corrected chi connectivity index (χ1v) is 6.85. The zero-order valence-electron chi connectivity index (χ0n) is 11.9. The van der Waals surface area contributed by atoms with Gasteiger partial charge in [0.1, 0.15) is 6.54 Å². The summed E-state index contributed by atoms with van der Waals surface area (Å²) in [6.07, 6.45) is 4.88. The molecule has 2 rings (SSSR count). The number of likely N-dealkylation sites (N-methyl/N-ethyl adjacent to an activating group) is 1. The van der Waals surface area contributed by atoms with Crippen molar-refractivity contribution >= 4 is 17.5 Å². The first kappa shape index (κ1) is 14.5. The largest absolute Gasteiger partial charge is 0.358 e. The molecule has 7 nitrogen and oxygen atoms in total. The maximum Gasteiger partial charge on any atom is 0.241 e. The average Bonchev–Trinajstić information content (AvgIpc) is 3.08. The van der Waals surface area contributed by atoms with Gasteiger partial charge in [-0.2, -0.15) is 5.10 Å². The maximum atomic E-state index is 12.4. The highest BCUT2D eigenvalue weighted by Crippen LogP contribution is 2.30. The summed E-state index contributed by atoms with van der Waals surface area (Å²) in [5, 5.41) is 12.7. The number of aromatic nitrogens is 2. The van der Waals surface area contributed by atoms with Crippen molar-refractivity contribution in [1.29, 1.82) is 0 Å². The van der Waals surface area contributed by atoms with Crippen LogP contribution in [0, 0.1) is 5.41 Å². The lowest BCUT2D eigenvalue weighted by molar-refractivity contribution is -0.125. The molecule has 0 saturated carbocycles. The third-order valence-corrected chi connectivity index (χ3v) is 3.88. The van der Waals surface area contributed by atoms with Gasteiger partial charge in [0.2, 0.25) is 11.8 Å². The van der Waals surface area contributed by atoms with Crippen molar-refractivity contribution < 1.29 is 9.59 Å². The number of nitrogens with one attached hydrogen (secondary N) is 3. The van der Waals surface area contributed by atoms with Crippen LogP contribution < -0.4 is 16.0 Å². The Kier molecular flexibility index (Phi) is 4.39. The Morgan fingerprint density at radius 2 is 2.35 bits per heavy atom. The van der Waals surface area contributed by atoms with Crippen molar-refractivity contribution in [3.63, 3.8) is 0 Å². The Labute approximate surface area is 118 Å².